The van der Waals surface area contributed by atoms with Gasteiger partial charge in [-0.05, 0) is 37.3 Å². The number of hydrogen-bond acceptors (Lipinski definition) is 2. The van der Waals surface area contributed by atoms with Crippen LogP contribution in [-0.2, 0) is 0 Å². The van der Waals surface area contributed by atoms with Crippen molar-refractivity contribution in [3.8, 4) is 0 Å². The molecule has 1 aliphatic heterocycles. The van der Waals surface area contributed by atoms with Gasteiger partial charge in [-0.25, -0.2) is 0 Å². The van der Waals surface area contributed by atoms with Gasteiger partial charge >= 0.3 is 0 Å². The van der Waals surface area contributed by atoms with Crippen molar-refractivity contribution in [2.24, 2.45) is 0 Å². The summed E-state index contributed by atoms with van der Waals surface area (Å²) in [5, 5.41) is 0. The Morgan fingerprint density at radius 3 is 2.00 bits per heavy atom. The van der Waals surface area contributed by atoms with E-state index in [-0.39, 0.29) is 0 Å². The zero-order valence-electron chi connectivity index (χ0n) is 10.8. The van der Waals surface area contributed by atoms with Gasteiger partial charge < -0.3 is 4.90 Å². The molecule has 94 valence electrons. The van der Waals surface area contributed by atoms with Gasteiger partial charge in [-0.2, -0.15) is 0 Å². The molecule has 0 fully saturated rings. The van der Waals surface area contributed by atoms with Crippen molar-refractivity contribution < 1.29 is 0 Å². The second-order valence-electron chi connectivity index (χ2n) is 4.29. The van der Waals surface area contributed by atoms with Crippen LogP contribution in [-0.4, -0.2) is 0 Å². The topological polar surface area (TPSA) is 3.24 Å². The molecule has 0 aliphatic carbocycles. The van der Waals surface area contributed by atoms with Crippen LogP contribution in [0.2, 0.25) is 0 Å². The van der Waals surface area contributed by atoms with Crippen molar-refractivity contribution in [3.63, 3.8) is 0 Å². The van der Waals surface area contributed by atoms with Crippen LogP contribution in [0.5, 0.6) is 0 Å². The molecule has 2 aromatic carbocycles. The smallest absolute Gasteiger partial charge is 0.0601 e. The fourth-order valence-corrected chi connectivity index (χ4v) is 3.38. The van der Waals surface area contributed by atoms with E-state index in [1.165, 1.54) is 21.2 Å². The molecule has 0 atom stereocenters. The summed E-state index contributed by atoms with van der Waals surface area (Å²) in [7, 11) is 0. The Morgan fingerprint density at radius 1 is 1.00 bits per heavy atom. The summed E-state index contributed by atoms with van der Waals surface area (Å²) in [6.45, 7) is 5.98. The Bertz CT molecular complexity index is 612. The molecule has 0 unspecified atom stereocenters. The largest absolute Gasteiger partial charge is 0.309 e. The molecule has 0 radical (unpaired) electrons. The van der Waals surface area contributed by atoms with Crippen LogP contribution < -0.4 is 4.90 Å². The summed E-state index contributed by atoms with van der Waals surface area (Å²) >= 11 is 1.82. The van der Waals surface area contributed by atoms with Gasteiger partial charge in [0.05, 0.1) is 11.4 Å². The molecule has 0 aromatic heterocycles. The van der Waals surface area contributed by atoms with Crippen molar-refractivity contribution in [2.75, 3.05) is 4.90 Å². The molecule has 2 heteroatoms. The quantitative estimate of drug-likeness (QED) is 0.671. The molecule has 1 aliphatic rings. The molecule has 2 aromatic rings. The summed E-state index contributed by atoms with van der Waals surface area (Å²) in [4.78, 5) is 4.83. The van der Waals surface area contributed by atoms with Gasteiger partial charge in [0.15, 0.2) is 0 Å². The minimum Gasteiger partial charge on any atom is -0.309 e. The molecule has 0 N–H and O–H groups in total. The third-order valence-corrected chi connectivity index (χ3v) is 4.33. The minimum absolute atomic E-state index is 1.11. The van der Waals surface area contributed by atoms with E-state index >= 15 is 0 Å². The van der Waals surface area contributed by atoms with Crippen molar-refractivity contribution in [1.29, 1.82) is 0 Å². The Labute approximate surface area is 118 Å². The summed E-state index contributed by atoms with van der Waals surface area (Å²) in [5.74, 6) is 0. The number of hydrogen-bond donors (Lipinski definition) is 0. The first kappa shape index (κ1) is 12.1. The molecule has 3 rings (SSSR count). The highest BCUT2D eigenvalue weighted by Crippen LogP contribution is 2.49. The maximum atomic E-state index is 3.94. The first-order valence-corrected chi connectivity index (χ1v) is 7.11. The second kappa shape index (κ2) is 4.98. The van der Waals surface area contributed by atoms with Crippen LogP contribution in [0.25, 0.3) is 0 Å². The van der Waals surface area contributed by atoms with Crippen molar-refractivity contribution in [2.45, 2.75) is 16.7 Å². The lowest BCUT2D eigenvalue weighted by atomic mass is 10.2. The molecule has 0 saturated heterocycles. The summed E-state index contributed by atoms with van der Waals surface area (Å²) < 4.78 is 0. The molecule has 0 amide bonds. The predicted octanol–water partition coefficient (Wildman–Crippen LogP) is 5.38. The normalized spacial score (nSPS) is 13.7. The number of anilines is 2. The fourth-order valence-electron chi connectivity index (χ4n) is 2.32. The third-order valence-electron chi connectivity index (χ3n) is 3.20. The first-order valence-electron chi connectivity index (χ1n) is 6.30. The standard InChI is InChI=1S/C17H15NS/c1-3-13(4-2)18-14-9-5-7-11-16(14)19-17-12-8-6-10-15(17)18/h3-12H,1H2,2H3/b13-4+. The zero-order valence-corrected chi connectivity index (χ0v) is 11.7. The highest BCUT2D eigenvalue weighted by atomic mass is 32.2. The highest BCUT2D eigenvalue weighted by molar-refractivity contribution is 7.99. The third kappa shape index (κ3) is 1.98. The van der Waals surface area contributed by atoms with Crippen LogP contribution in [0.15, 0.2) is 82.7 Å². The number of rotatable bonds is 2. The Hall–Kier alpha value is -1.93. The van der Waals surface area contributed by atoms with E-state index in [0.717, 1.165) is 5.70 Å². The monoisotopic (exact) mass is 265 g/mol. The fraction of sp³-hybridized carbons (Fsp3) is 0.0588. The highest BCUT2D eigenvalue weighted by Gasteiger charge is 2.23. The average Bonchev–Trinajstić information content (AvgIpc) is 2.47. The van der Waals surface area contributed by atoms with E-state index in [9.17, 15) is 0 Å². The van der Waals surface area contributed by atoms with E-state index < -0.39 is 0 Å². The van der Waals surface area contributed by atoms with Crippen LogP contribution in [0.4, 0.5) is 11.4 Å². The lowest BCUT2D eigenvalue weighted by molar-refractivity contribution is 1.11. The molecule has 0 saturated carbocycles. The summed E-state index contributed by atoms with van der Waals surface area (Å²) in [5.41, 5.74) is 3.55. The van der Waals surface area contributed by atoms with E-state index in [0.29, 0.717) is 0 Å². The maximum absolute atomic E-state index is 3.94. The van der Waals surface area contributed by atoms with Crippen LogP contribution in [0.3, 0.4) is 0 Å². The number of nitrogens with zero attached hydrogens (tertiary/aromatic N) is 1. The van der Waals surface area contributed by atoms with Crippen LogP contribution >= 0.6 is 11.8 Å². The first-order chi connectivity index (χ1) is 9.35. The number of para-hydroxylation sites is 2. The number of allylic oxidation sites excluding steroid dienone is 2. The molecule has 0 bridgehead atoms. The molecule has 1 nitrogen and oxygen atoms in total. The SMILES string of the molecule is C=C/C(=C\C)N1c2ccccc2Sc2ccccc21. The van der Waals surface area contributed by atoms with Gasteiger partial charge in [-0.1, -0.05) is 48.7 Å². The average molecular weight is 265 g/mol. The number of fused-ring (bicyclic) bond motifs is 2. The van der Waals surface area contributed by atoms with E-state index in [1.54, 1.807) is 0 Å². The Morgan fingerprint density at radius 2 is 1.53 bits per heavy atom. The maximum Gasteiger partial charge on any atom is 0.0601 e. The van der Waals surface area contributed by atoms with E-state index in [4.69, 9.17) is 0 Å². The van der Waals surface area contributed by atoms with Gasteiger partial charge in [0, 0.05) is 15.5 Å². The van der Waals surface area contributed by atoms with Gasteiger partial charge in [-0.15, -0.1) is 0 Å². The van der Waals surface area contributed by atoms with Gasteiger partial charge in [0.1, 0.15) is 0 Å². The van der Waals surface area contributed by atoms with Gasteiger partial charge in [0.2, 0.25) is 0 Å². The molecular formula is C17H15NS. The van der Waals surface area contributed by atoms with Crippen molar-refractivity contribution in [1.82, 2.24) is 0 Å². The molecule has 19 heavy (non-hydrogen) atoms. The predicted molar refractivity (Wildman–Crippen MR) is 83.1 cm³/mol. The van der Waals surface area contributed by atoms with Crippen LogP contribution in [0, 0.1) is 0 Å². The Balaban J connectivity index is 2.25. The molecule has 1 heterocycles. The van der Waals surface area contributed by atoms with Gasteiger partial charge in [-0.3, -0.25) is 0 Å². The van der Waals surface area contributed by atoms with Gasteiger partial charge in [0.25, 0.3) is 0 Å². The van der Waals surface area contributed by atoms with E-state index in [1.807, 2.05) is 24.8 Å². The lowest BCUT2D eigenvalue weighted by Crippen LogP contribution is -2.18. The van der Waals surface area contributed by atoms with Crippen LogP contribution in [0.1, 0.15) is 6.92 Å². The summed E-state index contributed by atoms with van der Waals surface area (Å²) in [6, 6.07) is 17.0. The van der Waals surface area contributed by atoms with Crippen molar-refractivity contribution in [3.05, 3.63) is 73.0 Å². The summed E-state index contributed by atoms with van der Waals surface area (Å²) in [6.07, 6.45) is 4.00. The Kier molecular flexibility index (Phi) is 3.18. The lowest BCUT2D eigenvalue weighted by Gasteiger charge is -2.33. The van der Waals surface area contributed by atoms with Crippen molar-refractivity contribution >= 4 is 23.1 Å². The molecular weight excluding hydrogens is 250 g/mol. The zero-order chi connectivity index (χ0) is 13.2. The number of benzene rings is 2. The second-order valence-corrected chi connectivity index (χ2v) is 5.37. The molecule has 0 spiro atoms. The van der Waals surface area contributed by atoms with E-state index in [2.05, 4.69) is 66.1 Å². The minimum atomic E-state index is 1.11.